The maximum Gasteiger partial charge on any atom is 0.316 e. The van der Waals surface area contributed by atoms with Crippen molar-refractivity contribution in [2.45, 2.75) is 96.3 Å². The molecule has 1 heterocycles. The minimum atomic E-state index is -3.60. The van der Waals surface area contributed by atoms with Crippen molar-refractivity contribution in [3.8, 4) is 11.4 Å². The van der Waals surface area contributed by atoms with Gasteiger partial charge < -0.3 is 4.74 Å². The fourth-order valence-corrected chi connectivity index (χ4v) is 7.56. The van der Waals surface area contributed by atoms with Gasteiger partial charge in [-0.1, -0.05) is 71.9 Å². The van der Waals surface area contributed by atoms with E-state index in [1.165, 1.54) is 22.5 Å². The van der Waals surface area contributed by atoms with Gasteiger partial charge in [0.25, 0.3) is 0 Å². The molecule has 1 aliphatic carbocycles. The Morgan fingerprint density at radius 2 is 1.87 bits per heavy atom. The van der Waals surface area contributed by atoms with Crippen LogP contribution in [0.1, 0.15) is 80.2 Å². The summed E-state index contributed by atoms with van der Waals surface area (Å²) in [5.74, 6) is 1.95. The van der Waals surface area contributed by atoms with Crippen molar-refractivity contribution >= 4 is 27.8 Å². The lowest BCUT2D eigenvalue weighted by atomic mass is 9.75. The van der Waals surface area contributed by atoms with E-state index in [4.69, 9.17) is 4.74 Å². The molecule has 0 amide bonds. The molecule has 8 nitrogen and oxygen atoms in total. The highest BCUT2D eigenvalue weighted by Crippen LogP contribution is 2.36. The minimum absolute atomic E-state index is 0.0367. The van der Waals surface area contributed by atoms with Crippen LogP contribution in [-0.4, -0.2) is 58.4 Å². The zero-order valence-corrected chi connectivity index (χ0v) is 25.5. The Kier molecular flexibility index (Phi) is 10.8. The molecule has 4 unspecified atom stereocenters. The van der Waals surface area contributed by atoms with E-state index >= 15 is 0 Å². The molecule has 0 bridgehead atoms. The number of ether oxygens (including phenoxy) is 1. The van der Waals surface area contributed by atoms with E-state index in [0.29, 0.717) is 47.4 Å². The predicted octanol–water partition coefficient (Wildman–Crippen LogP) is 6.04. The number of carbonyl (C=O) groups is 1. The predicted molar refractivity (Wildman–Crippen MR) is 153 cm³/mol. The second-order valence-electron chi connectivity index (χ2n) is 10.7. The quantitative estimate of drug-likeness (QED) is 0.229. The molecular formula is C28H44N4O4S2. The Balaban J connectivity index is 1.82. The summed E-state index contributed by atoms with van der Waals surface area (Å²) in [6.07, 6.45) is 3.99. The number of carbonyl (C=O) groups excluding carboxylic acids is 1. The average molecular weight is 565 g/mol. The summed E-state index contributed by atoms with van der Waals surface area (Å²) >= 11 is 1.32. The Bertz CT molecular complexity index is 1180. The first-order chi connectivity index (χ1) is 18.0. The van der Waals surface area contributed by atoms with Crippen molar-refractivity contribution in [1.29, 1.82) is 0 Å². The van der Waals surface area contributed by atoms with Crippen LogP contribution < -0.4 is 0 Å². The zero-order chi connectivity index (χ0) is 28.0. The molecule has 10 heteroatoms. The second kappa shape index (κ2) is 13.4. The summed E-state index contributed by atoms with van der Waals surface area (Å²) in [4.78, 5) is 13.1. The van der Waals surface area contributed by atoms with Crippen molar-refractivity contribution < 1.29 is 17.9 Å². The van der Waals surface area contributed by atoms with Crippen LogP contribution in [0.3, 0.4) is 0 Å². The van der Waals surface area contributed by atoms with E-state index in [1.54, 1.807) is 18.2 Å². The first-order valence-corrected chi connectivity index (χ1v) is 16.3. The summed E-state index contributed by atoms with van der Waals surface area (Å²) < 4.78 is 35.6. The minimum Gasteiger partial charge on any atom is -0.461 e. The standard InChI is InChI=1S/C28H44N4O4S2/c1-8-21(7)32-27(22-12-11-13-23(17-22)38(34,35)31(9-2)10-3)29-30-28(32)37-18-26(33)36-25-16-20(6)14-15-24(25)19(4)5/h11-13,17,19-21,24-25H,8-10,14-16,18H2,1-7H3. The molecule has 4 atom stereocenters. The highest BCUT2D eigenvalue weighted by atomic mass is 32.2. The Morgan fingerprint density at radius 1 is 1.16 bits per heavy atom. The maximum atomic E-state index is 13.1. The monoisotopic (exact) mass is 564 g/mol. The van der Waals surface area contributed by atoms with Gasteiger partial charge in [-0.25, -0.2) is 8.42 Å². The van der Waals surface area contributed by atoms with Gasteiger partial charge in [0.1, 0.15) is 6.10 Å². The van der Waals surface area contributed by atoms with Crippen LogP contribution in [-0.2, 0) is 19.6 Å². The molecule has 1 aliphatic rings. The van der Waals surface area contributed by atoms with E-state index in [-0.39, 0.29) is 28.8 Å². The van der Waals surface area contributed by atoms with Crippen LogP contribution in [0, 0.1) is 17.8 Å². The average Bonchev–Trinajstić information content (AvgIpc) is 3.31. The molecule has 0 saturated heterocycles. The number of hydrogen-bond acceptors (Lipinski definition) is 7. The SMILES string of the molecule is CCC(C)n1c(SCC(=O)OC2CC(C)CCC2C(C)C)nnc1-c1cccc(S(=O)(=O)N(CC)CC)c1. The fraction of sp³-hybridized carbons (Fsp3) is 0.679. The van der Waals surface area contributed by atoms with Crippen LogP contribution in [0.25, 0.3) is 11.4 Å². The lowest BCUT2D eigenvalue weighted by Crippen LogP contribution is -2.36. The molecular weight excluding hydrogens is 520 g/mol. The first-order valence-electron chi connectivity index (χ1n) is 13.9. The van der Waals surface area contributed by atoms with E-state index in [9.17, 15) is 13.2 Å². The van der Waals surface area contributed by atoms with Gasteiger partial charge in [0.05, 0.1) is 10.6 Å². The van der Waals surface area contributed by atoms with E-state index in [1.807, 2.05) is 24.5 Å². The van der Waals surface area contributed by atoms with Crippen LogP contribution in [0.5, 0.6) is 0 Å². The third-order valence-corrected chi connectivity index (χ3v) is 10.7. The number of thioether (sulfide) groups is 1. The number of nitrogens with zero attached hydrogens (tertiary/aromatic N) is 4. The molecule has 38 heavy (non-hydrogen) atoms. The molecule has 0 radical (unpaired) electrons. The van der Waals surface area contributed by atoms with Crippen LogP contribution >= 0.6 is 11.8 Å². The van der Waals surface area contributed by atoms with Gasteiger partial charge in [-0.05, 0) is 56.1 Å². The maximum absolute atomic E-state index is 13.1. The van der Waals surface area contributed by atoms with Crippen LogP contribution in [0.2, 0.25) is 0 Å². The Morgan fingerprint density at radius 3 is 2.50 bits per heavy atom. The number of sulfonamides is 1. The van der Waals surface area contributed by atoms with Crippen molar-refractivity contribution in [1.82, 2.24) is 19.1 Å². The van der Waals surface area contributed by atoms with Crippen molar-refractivity contribution in [3.63, 3.8) is 0 Å². The Hall–Kier alpha value is -1.91. The Labute approximate surface area is 233 Å². The van der Waals surface area contributed by atoms with Gasteiger partial charge >= 0.3 is 5.97 Å². The van der Waals surface area contributed by atoms with Crippen molar-refractivity contribution in [3.05, 3.63) is 24.3 Å². The summed E-state index contributed by atoms with van der Waals surface area (Å²) in [6, 6.07) is 6.93. The van der Waals surface area contributed by atoms with Gasteiger partial charge in [0.15, 0.2) is 11.0 Å². The summed E-state index contributed by atoms with van der Waals surface area (Å²) in [5, 5.41) is 9.46. The van der Waals surface area contributed by atoms with Crippen molar-refractivity contribution in [2.24, 2.45) is 17.8 Å². The fourth-order valence-electron chi connectivity index (χ4n) is 5.24. The molecule has 1 fully saturated rings. The van der Waals surface area contributed by atoms with Gasteiger partial charge in [-0.2, -0.15) is 4.31 Å². The highest BCUT2D eigenvalue weighted by molar-refractivity contribution is 7.99. The van der Waals surface area contributed by atoms with Gasteiger partial charge in [-0.3, -0.25) is 9.36 Å². The van der Waals surface area contributed by atoms with Crippen LogP contribution in [0.15, 0.2) is 34.3 Å². The third kappa shape index (κ3) is 6.99. The molecule has 2 aromatic rings. The molecule has 1 aromatic carbocycles. The van der Waals surface area contributed by atoms with Gasteiger partial charge in [0.2, 0.25) is 10.0 Å². The second-order valence-corrected chi connectivity index (χ2v) is 13.6. The number of hydrogen-bond donors (Lipinski definition) is 0. The molecule has 1 aromatic heterocycles. The normalized spacial score (nSPS) is 21.1. The molecule has 0 spiro atoms. The highest BCUT2D eigenvalue weighted by Gasteiger charge is 2.33. The topological polar surface area (TPSA) is 94.4 Å². The number of esters is 1. The van der Waals surface area contributed by atoms with E-state index in [0.717, 1.165) is 19.3 Å². The number of benzene rings is 1. The van der Waals surface area contributed by atoms with E-state index < -0.39 is 10.0 Å². The molecule has 212 valence electrons. The number of aromatic nitrogens is 3. The first kappa shape index (κ1) is 30.6. The third-order valence-electron chi connectivity index (χ3n) is 7.69. The van der Waals surface area contributed by atoms with E-state index in [2.05, 4.69) is 44.8 Å². The lowest BCUT2D eigenvalue weighted by Gasteiger charge is -2.36. The largest absolute Gasteiger partial charge is 0.461 e. The molecule has 0 aliphatic heterocycles. The number of rotatable bonds is 12. The molecule has 0 N–H and O–H groups in total. The summed E-state index contributed by atoms with van der Waals surface area (Å²) in [6.45, 7) is 15.2. The van der Waals surface area contributed by atoms with Crippen LogP contribution in [0.4, 0.5) is 0 Å². The molecule has 1 saturated carbocycles. The van der Waals surface area contributed by atoms with Gasteiger partial charge in [-0.15, -0.1) is 10.2 Å². The van der Waals surface area contributed by atoms with Crippen molar-refractivity contribution in [2.75, 3.05) is 18.8 Å². The zero-order valence-electron chi connectivity index (χ0n) is 23.9. The summed E-state index contributed by atoms with van der Waals surface area (Å²) in [5.41, 5.74) is 0.677. The smallest absolute Gasteiger partial charge is 0.316 e. The lowest BCUT2D eigenvalue weighted by molar-refractivity contribution is -0.152. The van der Waals surface area contributed by atoms with Gasteiger partial charge in [0, 0.05) is 24.7 Å². The molecule has 3 rings (SSSR count). The summed E-state index contributed by atoms with van der Waals surface area (Å²) in [7, 11) is -3.60.